The zero-order valence-electron chi connectivity index (χ0n) is 21.7. The van der Waals surface area contributed by atoms with Crippen molar-refractivity contribution in [1.82, 2.24) is 0 Å². The van der Waals surface area contributed by atoms with Crippen molar-refractivity contribution in [2.24, 2.45) is 0 Å². The molecule has 7 heteroatoms. The van der Waals surface area contributed by atoms with Gasteiger partial charge in [0.25, 0.3) is 0 Å². The van der Waals surface area contributed by atoms with E-state index in [0.29, 0.717) is 18.1 Å². The molecular weight excluding hydrogens is 623 g/mol. The fourth-order valence-corrected chi connectivity index (χ4v) is 7.60. The van der Waals surface area contributed by atoms with Gasteiger partial charge in [0.1, 0.15) is 17.3 Å². The van der Waals surface area contributed by atoms with Crippen molar-refractivity contribution in [2.45, 2.75) is 32.3 Å². The highest BCUT2D eigenvalue weighted by atomic mass is 127. The van der Waals surface area contributed by atoms with E-state index in [4.69, 9.17) is 14.2 Å². The predicted octanol–water partition coefficient (Wildman–Crippen LogP) is 8.06. The summed E-state index contributed by atoms with van der Waals surface area (Å²) in [5, 5.41) is 11.9. The molecule has 1 N–H and O–H groups in total. The summed E-state index contributed by atoms with van der Waals surface area (Å²) in [5.41, 5.74) is 1.90. The highest BCUT2D eigenvalue weighted by Gasteiger charge is 2.36. The Kier molecular flexibility index (Phi) is 8.47. The van der Waals surface area contributed by atoms with Gasteiger partial charge < -0.3 is 19.3 Å². The average molecular weight is 653 g/mol. The first-order chi connectivity index (χ1) is 18.9. The second kappa shape index (κ2) is 12.2. The lowest BCUT2D eigenvalue weighted by Gasteiger charge is -2.26. The van der Waals surface area contributed by atoms with Crippen molar-refractivity contribution in [3.63, 3.8) is 0 Å². The third-order valence-electron chi connectivity index (χ3n) is 6.31. The number of benzene rings is 3. The molecular formula is C32H29IO5S. The maximum absolute atomic E-state index is 12.0. The molecule has 5 nitrogen and oxygen atoms in total. The van der Waals surface area contributed by atoms with E-state index >= 15 is 0 Å². The van der Waals surface area contributed by atoms with Crippen LogP contribution in [-0.2, 0) is 16.0 Å². The molecule has 0 aliphatic carbocycles. The van der Waals surface area contributed by atoms with Gasteiger partial charge in [-0.15, -0.1) is 11.3 Å². The lowest BCUT2D eigenvalue weighted by Crippen LogP contribution is -2.43. The van der Waals surface area contributed by atoms with Gasteiger partial charge in [-0.05, 0) is 87.5 Å². The molecule has 3 aromatic carbocycles. The normalized spacial score (nSPS) is 14.6. The molecule has 1 aliphatic heterocycles. The van der Waals surface area contributed by atoms with Gasteiger partial charge in [0, 0.05) is 26.9 Å². The molecule has 200 valence electrons. The fourth-order valence-electron chi connectivity index (χ4n) is 4.22. The van der Waals surface area contributed by atoms with E-state index in [9.17, 15) is 9.90 Å². The van der Waals surface area contributed by atoms with E-state index in [-0.39, 0.29) is 6.42 Å². The maximum Gasteiger partial charge on any atom is 0.348 e. The molecule has 39 heavy (non-hydrogen) atoms. The van der Waals surface area contributed by atoms with Crippen molar-refractivity contribution >= 4 is 41.7 Å². The van der Waals surface area contributed by atoms with Crippen LogP contribution in [-0.4, -0.2) is 27.0 Å². The van der Waals surface area contributed by atoms with Crippen LogP contribution in [0.1, 0.15) is 31.4 Å². The molecule has 1 aliphatic rings. The number of hydrogen-bond acceptors (Lipinski definition) is 5. The van der Waals surface area contributed by atoms with Crippen LogP contribution in [0.2, 0.25) is 0 Å². The Balaban J connectivity index is 1.17. The molecule has 1 atom stereocenters. The van der Waals surface area contributed by atoms with Crippen LogP contribution in [0.15, 0.2) is 106 Å². The average Bonchev–Trinajstić information content (AvgIpc) is 3.61. The molecule has 4 aromatic rings. The van der Waals surface area contributed by atoms with Crippen LogP contribution >= 0.6 is 32.1 Å². The number of halogens is 1. The topological polar surface area (TPSA) is 65.0 Å². The Bertz CT molecular complexity index is 1490. The van der Waals surface area contributed by atoms with Crippen molar-refractivity contribution in [1.29, 1.82) is 0 Å². The van der Waals surface area contributed by atoms with Gasteiger partial charge >= 0.3 is 5.97 Å². The summed E-state index contributed by atoms with van der Waals surface area (Å²) in [5.74, 6) is 1.18. The van der Waals surface area contributed by atoms with Crippen molar-refractivity contribution < 1.29 is 24.1 Å². The molecule has 0 bridgehead atoms. The molecule has 0 fully saturated rings. The molecule has 1 unspecified atom stereocenters. The molecule has 2 heterocycles. The van der Waals surface area contributed by atoms with Crippen molar-refractivity contribution in [2.75, 3.05) is 6.61 Å². The number of rotatable bonds is 11. The Morgan fingerprint density at radius 3 is 2.41 bits per heavy atom. The van der Waals surface area contributed by atoms with E-state index in [0.717, 1.165) is 27.0 Å². The van der Waals surface area contributed by atoms with Crippen LogP contribution < -0.4 is 9.47 Å². The highest BCUT2D eigenvalue weighted by Crippen LogP contribution is 2.36. The van der Waals surface area contributed by atoms with Gasteiger partial charge in [-0.2, -0.15) is 0 Å². The van der Waals surface area contributed by atoms with E-state index < -0.39 is 32.3 Å². The summed E-state index contributed by atoms with van der Waals surface area (Å²) in [6.45, 7) is 4.17. The molecule has 5 rings (SSSR count). The van der Waals surface area contributed by atoms with E-state index in [1.165, 1.54) is 14.0 Å². The van der Waals surface area contributed by atoms with Gasteiger partial charge in [0.2, 0.25) is 5.60 Å². The number of hydrogen-bond donors (Lipinski definition) is 1. The first-order valence-electron chi connectivity index (χ1n) is 12.6. The SMILES string of the molecule is CC1=C(CCOc2ccc(OC(C)(Cc3ccccc3)C(=O)O)cc2)I=C(c2cccc(-c3cccs3)c2)O1. The molecule has 0 saturated carbocycles. The van der Waals surface area contributed by atoms with Crippen LogP contribution in [0.3, 0.4) is 0 Å². The third-order valence-corrected chi connectivity index (χ3v) is 10.5. The molecule has 1 aromatic heterocycles. The number of allylic oxidation sites excluding steroid dienone is 1. The number of carbonyl (C=O) groups is 1. The fraction of sp³-hybridized carbons (Fsp3) is 0.188. The smallest absolute Gasteiger partial charge is 0.348 e. The maximum atomic E-state index is 12.0. The first-order valence-corrected chi connectivity index (χ1v) is 15.7. The number of carboxylic acids is 1. The minimum Gasteiger partial charge on any atom is -0.493 e. The second-order valence-electron chi connectivity index (χ2n) is 9.36. The largest absolute Gasteiger partial charge is 0.493 e. The van der Waals surface area contributed by atoms with E-state index in [1.807, 2.05) is 49.4 Å². The lowest BCUT2D eigenvalue weighted by atomic mass is 9.96. The van der Waals surface area contributed by atoms with Gasteiger partial charge in [0.05, 0.1) is 6.61 Å². The number of aliphatic carboxylic acids is 1. The monoisotopic (exact) mass is 652 g/mol. The summed E-state index contributed by atoms with van der Waals surface area (Å²) >= 11 is 1.35. The Morgan fingerprint density at radius 2 is 1.69 bits per heavy atom. The zero-order chi connectivity index (χ0) is 27.2. The summed E-state index contributed by atoms with van der Waals surface area (Å²) in [6.07, 6.45) is 1.07. The second-order valence-corrected chi connectivity index (χ2v) is 13.1. The van der Waals surface area contributed by atoms with E-state index in [2.05, 4.69) is 41.8 Å². The van der Waals surface area contributed by atoms with Crippen LogP contribution in [0.5, 0.6) is 11.5 Å². The summed E-state index contributed by atoms with van der Waals surface area (Å²) in [7, 11) is 0. The third kappa shape index (κ3) is 6.78. The Morgan fingerprint density at radius 1 is 0.949 bits per heavy atom. The van der Waals surface area contributed by atoms with Gasteiger partial charge in [0.15, 0.2) is 3.69 Å². The van der Waals surface area contributed by atoms with Gasteiger partial charge in [-0.1, -0.05) is 54.6 Å². The molecule has 0 radical (unpaired) electrons. The lowest BCUT2D eigenvalue weighted by molar-refractivity contribution is -0.153. The minimum absolute atomic E-state index is 0.262. The van der Waals surface area contributed by atoms with Gasteiger partial charge in [-0.3, -0.25) is 0 Å². The van der Waals surface area contributed by atoms with E-state index in [1.54, 1.807) is 30.4 Å². The highest BCUT2D eigenvalue weighted by molar-refractivity contribution is 14.2. The Hall–Kier alpha value is -3.43. The van der Waals surface area contributed by atoms with Crippen LogP contribution in [0.4, 0.5) is 0 Å². The minimum atomic E-state index is -1.38. The predicted molar refractivity (Wildman–Crippen MR) is 165 cm³/mol. The first kappa shape index (κ1) is 27.1. The van der Waals surface area contributed by atoms with Crippen LogP contribution in [0.25, 0.3) is 10.4 Å². The Labute approximate surface area is 242 Å². The van der Waals surface area contributed by atoms with Crippen molar-refractivity contribution in [3.8, 4) is 21.9 Å². The van der Waals surface area contributed by atoms with Crippen LogP contribution in [0, 0.1) is 0 Å². The molecule has 0 amide bonds. The summed E-state index contributed by atoms with van der Waals surface area (Å²) in [4.78, 5) is 13.3. The molecule has 0 spiro atoms. The quantitative estimate of drug-likeness (QED) is 0.166. The number of thiophene rings is 1. The number of ether oxygens (including phenoxy) is 3. The zero-order valence-corrected chi connectivity index (χ0v) is 24.7. The standard InChI is InChI=1S/C32H29IO5S/c1-22-28(33-30(37-22)25-11-6-10-24(20-25)29-12-7-19-39-29)17-18-36-26-13-15-27(16-14-26)38-32(2,31(34)35)21-23-8-4-3-5-9-23/h3-16,19-20H,17-18,21H2,1-2H3,(H,34,35). The molecule has 0 saturated heterocycles. The van der Waals surface area contributed by atoms with Crippen molar-refractivity contribution in [3.05, 3.63) is 117 Å². The number of carboxylic acid groups (broad SMARTS) is 1. The summed E-state index contributed by atoms with van der Waals surface area (Å²) in [6, 6.07) is 29.4. The summed E-state index contributed by atoms with van der Waals surface area (Å²) < 4.78 is 20.5. The van der Waals surface area contributed by atoms with Gasteiger partial charge in [-0.25, -0.2) is 4.79 Å².